The summed E-state index contributed by atoms with van der Waals surface area (Å²) in [5, 5.41) is -0.562. The van der Waals surface area contributed by atoms with Crippen LogP contribution in [-0.2, 0) is 19.9 Å². The van der Waals surface area contributed by atoms with Gasteiger partial charge in [0.15, 0.2) is 0 Å². The molecule has 118 valence electrons. The lowest BCUT2D eigenvalue weighted by molar-refractivity contribution is 0.209. The second-order valence-corrected chi connectivity index (χ2v) is 10.5. The second kappa shape index (κ2) is 5.90. The van der Waals surface area contributed by atoms with Crippen molar-refractivity contribution in [1.82, 2.24) is 4.31 Å². The average molecular weight is 324 g/mol. The highest BCUT2D eigenvalue weighted by molar-refractivity contribution is 7.92. The maximum Gasteiger partial charge on any atom is 0.217 e. The lowest BCUT2D eigenvalue weighted by Gasteiger charge is -2.39. The van der Waals surface area contributed by atoms with Gasteiger partial charge in [-0.2, -0.15) is 4.31 Å². The van der Waals surface area contributed by atoms with E-state index in [1.165, 1.54) is 4.31 Å². The summed E-state index contributed by atoms with van der Waals surface area (Å²) < 4.78 is 49.8. The van der Waals surface area contributed by atoms with Gasteiger partial charge in [-0.3, -0.25) is 0 Å². The van der Waals surface area contributed by atoms with Gasteiger partial charge in [-0.25, -0.2) is 16.8 Å². The molecule has 2 saturated heterocycles. The second-order valence-electron chi connectivity index (χ2n) is 6.03. The van der Waals surface area contributed by atoms with Crippen LogP contribution in [0.2, 0.25) is 0 Å². The molecule has 0 aromatic carbocycles. The molecule has 6 nitrogen and oxygen atoms in total. The average Bonchev–Trinajstić information content (AvgIpc) is 2.37. The van der Waals surface area contributed by atoms with Gasteiger partial charge >= 0.3 is 0 Å². The van der Waals surface area contributed by atoms with Gasteiger partial charge in [-0.05, 0) is 31.6 Å². The van der Waals surface area contributed by atoms with Gasteiger partial charge in [0.25, 0.3) is 0 Å². The van der Waals surface area contributed by atoms with Crippen molar-refractivity contribution in [1.29, 1.82) is 0 Å². The molecular formula is C12H24N2O4S2. The summed E-state index contributed by atoms with van der Waals surface area (Å²) in [6.07, 6.45) is 2.07. The Morgan fingerprint density at radius 1 is 1.20 bits per heavy atom. The monoisotopic (exact) mass is 324 g/mol. The Morgan fingerprint density at radius 3 is 2.35 bits per heavy atom. The minimum atomic E-state index is -3.43. The lowest BCUT2D eigenvalue weighted by atomic mass is 9.94. The van der Waals surface area contributed by atoms with E-state index in [0.717, 1.165) is 12.8 Å². The van der Waals surface area contributed by atoms with Crippen LogP contribution in [0.1, 0.15) is 32.6 Å². The molecule has 0 bridgehead atoms. The molecule has 2 atom stereocenters. The van der Waals surface area contributed by atoms with Crippen LogP contribution in [-0.4, -0.2) is 57.0 Å². The number of rotatable bonds is 3. The number of piperidine rings is 1. The quantitative estimate of drug-likeness (QED) is 0.785. The highest BCUT2D eigenvalue weighted by Crippen LogP contribution is 2.29. The van der Waals surface area contributed by atoms with Crippen molar-refractivity contribution in [2.45, 2.75) is 43.9 Å². The molecule has 2 N–H and O–H groups in total. The highest BCUT2D eigenvalue weighted by atomic mass is 32.2. The first-order chi connectivity index (χ1) is 9.26. The Bertz CT molecular complexity index is 530. The summed E-state index contributed by atoms with van der Waals surface area (Å²) in [6, 6.07) is -0.137. The SMILES string of the molecule is CC1CCN(S(=O)(=O)C2CCS(=O)(=O)CC2)C(CN)C1. The molecule has 0 radical (unpaired) electrons. The van der Waals surface area contributed by atoms with E-state index in [9.17, 15) is 16.8 Å². The van der Waals surface area contributed by atoms with Crippen LogP contribution in [0.3, 0.4) is 0 Å². The first kappa shape index (κ1) is 16.2. The Labute approximate surface area is 121 Å². The Morgan fingerprint density at radius 2 is 1.80 bits per heavy atom. The van der Waals surface area contributed by atoms with E-state index in [-0.39, 0.29) is 30.4 Å². The third-order valence-corrected chi connectivity index (χ3v) is 8.61. The lowest BCUT2D eigenvalue weighted by Crippen LogP contribution is -2.53. The van der Waals surface area contributed by atoms with Crippen LogP contribution in [0.5, 0.6) is 0 Å². The molecular weight excluding hydrogens is 300 g/mol. The molecule has 0 aliphatic carbocycles. The molecule has 2 unspecified atom stereocenters. The Kier molecular flexibility index (Phi) is 4.78. The minimum Gasteiger partial charge on any atom is -0.329 e. The summed E-state index contributed by atoms with van der Waals surface area (Å²) >= 11 is 0. The van der Waals surface area contributed by atoms with Gasteiger partial charge in [0.05, 0.1) is 16.8 Å². The van der Waals surface area contributed by atoms with E-state index in [4.69, 9.17) is 5.73 Å². The number of sulfone groups is 1. The van der Waals surface area contributed by atoms with Crippen LogP contribution in [0.25, 0.3) is 0 Å². The first-order valence-corrected chi connectivity index (χ1v) is 10.5. The fourth-order valence-corrected chi connectivity index (χ4v) is 7.09. The number of hydrogen-bond acceptors (Lipinski definition) is 5. The van der Waals surface area contributed by atoms with Gasteiger partial charge in [-0.15, -0.1) is 0 Å². The molecule has 0 aromatic heterocycles. The molecule has 0 saturated carbocycles. The van der Waals surface area contributed by atoms with Crippen molar-refractivity contribution in [3.05, 3.63) is 0 Å². The predicted octanol–water partition coefficient (Wildman–Crippen LogP) is -0.0474. The van der Waals surface area contributed by atoms with Crippen LogP contribution in [0.15, 0.2) is 0 Å². The van der Waals surface area contributed by atoms with E-state index in [1.54, 1.807) is 0 Å². The number of hydrogen-bond donors (Lipinski definition) is 1. The van der Waals surface area contributed by atoms with E-state index in [2.05, 4.69) is 6.92 Å². The zero-order valence-corrected chi connectivity index (χ0v) is 13.5. The van der Waals surface area contributed by atoms with E-state index in [1.807, 2.05) is 0 Å². The molecule has 2 aliphatic rings. The number of nitrogens with zero attached hydrogens (tertiary/aromatic N) is 1. The number of sulfonamides is 1. The summed E-state index contributed by atoms with van der Waals surface area (Å²) in [6.45, 7) is 2.95. The van der Waals surface area contributed by atoms with Crippen molar-refractivity contribution in [3.8, 4) is 0 Å². The molecule has 0 aromatic rings. The van der Waals surface area contributed by atoms with E-state index in [0.29, 0.717) is 19.0 Å². The van der Waals surface area contributed by atoms with Crippen molar-refractivity contribution < 1.29 is 16.8 Å². The zero-order chi connectivity index (χ0) is 15.0. The van der Waals surface area contributed by atoms with Crippen LogP contribution in [0.4, 0.5) is 0 Å². The summed E-state index contributed by atoms with van der Waals surface area (Å²) in [5.41, 5.74) is 5.72. The first-order valence-electron chi connectivity index (χ1n) is 7.17. The smallest absolute Gasteiger partial charge is 0.217 e. The molecule has 8 heteroatoms. The van der Waals surface area contributed by atoms with Crippen molar-refractivity contribution in [2.24, 2.45) is 11.7 Å². The van der Waals surface area contributed by atoms with Crippen LogP contribution < -0.4 is 5.73 Å². The largest absolute Gasteiger partial charge is 0.329 e. The molecule has 2 heterocycles. The normalized spacial score (nSPS) is 33.1. The van der Waals surface area contributed by atoms with Gasteiger partial charge in [-0.1, -0.05) is 6.92 Å². The standard InChI is InChI=1S/C12H24N2O4S2/c1-10-2-5-14(11(8-10)9-13)20(17,18)12-3-6-19(15,16)7-4-12/h10-12H,2-9,13H2,1H3. The molecule has 2 rings (SSSR count). The number of nitrogens with two attached hydrogens (primary N) is 1. The van der Waals surface area contributed by atoms with Gasteiger partial charge in [0.1, 0.15) is 9.84 Å². The predicted molar refractivity (Wildman–Crippen MR) is 78.5 cm³/mol. The van der Waals surface area contributed by atoms with Gasteiger partial charge < -0.3 is 5.73 Å². The van der Waals surface area contributed by atoms with Crippen molar-refractivity contribution in [3.63, 3.8) is 0 Å². The van der Waals surface area contributed by atoms with Crippen LogP contribution >= 0.6 is 0 Å². The maximum atomic E-state index is 12.7. The molecule has 0 amide bonds. The van der Waals surface area contributed by atoms with E-state index < -0.39 is 25.1 Å². The van der Waals surface area contributed by atoms with Gasteiger partial charge in [0, 0.05) is 19.1 Å². The topological polar surface area (TPSA) is 97.5 Å². The highest BCUT2D eigenvalue weighted by Gasteiger charge is 2.41. The van der Waals surface area contributed by atoms with E-state index >= 15 is 0 Å². The maximum absolute atomic E-state index is 12.7. The third kappa shape index (κ3) is 3.35. The summed E-state index contributed by atoms with van der Waals surface area (Å²) in [5.74, 6) is 0.449. The molecule has 2 fully saturated rings. The summed E-state index contributed by atoms with van der Waals surface area (Å²) in [7, 11) is -6.47. The minimum absolute atomic E-state index is 0.0194. The summed E-state index contributed by atoms with van der Waals surface area (Å²) in [4.78, 5) is 0. The molecule has 20 heavy (non-hydrogen) atoms. The van der Waals surface area contributed by atoms with Crippen LogP contribution in [0, 0.1) is 5.92 Å². The van der Waals surface area contributed by atoms with Crippen molar-refractivity contribution >= 4 is 19.9 Å². The Balaban J connectivity index is 2.13. The Hall–Kier alpha value is -0.180. The molecule has 0 spiro atoms. The van der Waals surface area contributed by atoms with Gasteiger partial charge in [0.2, 0.25) is 10.0 Å². The molecule has 2 aliphatic heterocycles. The van der Waals surface area contributed by atoms with Crippen molar-refractivity contribution in [2.75, 3.05) is 24.6 Å². The zero-order valence-electron chi connectivity index (χ0n) is 11.9. The fourth-order valence-electron chi connectivity index (χ4n) is 3.14. The third-order valence-electron chi connectivity index (χ3n) is 4.45. The fraction of sp³-hybridized carbons (Fsp3) is 1.00.